The van der Waals surface area contributed by atoms with Crippen LogP contribution >= 0.6 is 11.3 Å². The fourth-order valence-corrected chi connectivity index (χ4v) is 3.44. The molecule has 0 radical (unpaired) electrons. The van der Waals surface area contributed by atoms with E-state index in [0.717, 1.165) is 40.5 Å². The van der Waals surface area contributed by atoms with Crippen LogP contribution in [-0.4, -0.2) is 26.4 Å². The van der Waals surface area contributed by atoms with Crippen molar-refractivity contribution in [2.45, 2.75) is 13.0 Å². The summed E-state index contributed by atoms with van der Waals surface area (Å²) in [7, 11) is 0. The highest BCUT2D eigenvalue weighted by Crippen LogP contribution is 2.29. The number of hydrogen-bond acceptors (Lipinski definition) is 5. The number of benzene rings is 2. The summed E-state index contributed by atoms with van der Waals surface area (Å²) in [5, 5.41) is 7.20. The van der Waals surface area contributed by atoms with Gasteiger partial charge in [0.1, 0.15) is 23.4 Å². The molecule has 0 spiro atoms. The molecule has 26 heavy (non-hydrogen) atoms. The van der Waals surface area contributed by atoms with Gasteiger partial charge in [-0.15, -0.1) is 11.3 Å². The molecule has 0 bridgehead atoms. The number of hydrogen-bond donors (Lipinski definition) is 0. The van der Waals surface area contributed by atoms with E-state index in [4.69, 9.17) is 9.72 Å². The number of aromatic nitrogens is 4. The summed E-state index contributed by atoms with van der Waals surface area (Å²) in [5.74, 6) is 0.867. The number of nitrogens with zero attached hydrogens (tertiary/aromatic N) is 4. The molecule has 5 nitrogen and oxygen atoms in total. The van der Waals surface area contributed by atoms with Gasteiger partial charge in [-0.1, -0.05) is 30.3 Å². The van der Waals surface area contributed by atoms with Gasteiger partial charge in [-0.3, -0.25) is 4.68 Å². The van der Waals surface area contributed by atoms with Crippen LogP contribution in [0.4, 0.5) is 0 Å². The van der Waals surface area contributed by atoms with Gasteiger partial charge in [0, 0.05) is 29.5 Å². The Bertz CT molecular complexity index is 934. The number of thiazole rings is 1. The molecule has 2 aromatic carbocycles. The Morgan fingerprint density at radius 1 is 0.962 bits per heavy atom. The van der Waals surface area contributed by atoms with Crippen molar-refractivity contribution in [2.24, 2.45) is 0 Å². The molecule has 4 rings (SSSR count). The van der Waals surface area contributed by atoms with Crippen LogP contribution in [-0.2, 0) is 6.54 Å². The van der Waals surface area contributed by atoms with E-state index < -0.39 is 0 Å². The van der Waals surface area contributed by atoms with Crippen LogP contribution < -0.4 is 4.74 Å². The van der Waals surface area contributed by atoms with E-state index in [9.17, 15) is 0 Å². The van der Waals surface area contributed by atoms with Gasteiger partial charge in [0.05, 0.1) is 12.3 Å². The molecular formula is C20H18N4OS. The molecule has 2 heterocycles. The Hall–Kier alpha value is -2.99. The lowest BCUT2D eigenvalue weighted by atomic mass is 10.1. The van der Waals surface area contributed by atoms with Crippen molar-refractivity contribution >= 4 is 11.3 Å². The average Bonchev–Trinajstić information content (AvgIpc) is 3.39. The molecule has 0 saturated heterocycles. The van der Waals surface area contributed by atoms with Gasteiger partial charge in [-0.25, -0.2) is 9.97 Å². The lowest BCUT2D eigenvalue weighted by Crippen LogP contribution is -2.04. The second-order valence-corrected chi connectivity index (χ2v) is 6.65. The van der Waals surface area contributed by atoms with E-state index in [2.05, 4.69) is 39.7 Å². The van der Waals surface area contributed by atoms with E-state index in [1.165, 1.54) is 0 Å². The maximum absolute atomic E-state index is 5.79. The summed E-state index contributed by atoms with van der Waals surface area (Å²) < 4.78 is 7.59. The zero-order valence-electron chi connectivity index (χ0n) is 14.2. The molecule has 130 valence electrons. The molecule has 0 aliphatic carbocycles. The number of aryl methyl sites for hydroxylation is 1. The third-order valence-electron chi connectivity index (χ3n) is 3.94. The predicted octanol–water partition coefficient (Wildman–Crippen LogP) is 4.54. The third kappa shape index (κ3) is 3.97. The van der Waals surface area contributed by atoms with Crippen molar-refractivity contribution in [3.8, 4) is 27.6 Å². The van der Waals surface area contributed by atoms with E-state index in [1.807, 2.05) is 30.3 Å². The van der Waals surface area contributed by atoms with E-state index in [1.54, 1.807) is 28.7 Å². The first-order valence-electron chi connectivity index (χ1n) is 8.45. The zero-order valence-corrected chi connectivity index (χ0v) is 15.0. The molecule has 0 aliphatic heterocycles. The van der Waals surface area contributed by atoms with Crippen molar-refractivity contribution < 1.29 is 4.74 Å². The standard InChI is InChI=1S/C20H18N4OS/c1-2-5-17(6-3-1)20-23-19(13-26-20)16-7-9-18(10-8-16)25-12-4-11-24-15-21-14-22-24/h1-3,5-10,13-15H,4,11-12H2. The highest BCUT2D eigenvalue weighted by atomic mass is 32.1. The first kappa shape index (κ1) is 16.5. The van der Waals surface area contributed by atoms with Crippen molar-refractivity contribution in [1.82, 2.24) is 19.7 Å². The maximum atomic E-state index is 5.79. The minimum absolute atomic E-state index is 0.647. The van der Waals surface area contributed by atoms with Crippen LogP contribution in [0.25, 0.3) is 21.8 Å². The topological polar surface area (TPSA) is 52.8 Å². The largest absolute Gasteiger partial charge is 0.494 e. The highest BCUT2D eigenvalue weighted by molar-refractivity contribution is 7.13. The maximum Gasteiger partial charge on any atom is 0.137 e. The molecule has 0 saturated carbocycles. The Balaban J connectivity index is 1.35. The Morgan fingerprint density at radius 2 is 1.81 bits per heavy atom. The molecule has 2 aromatic heterocycles. The fraction of sp³-hybridized carbons (Fsp3) is 0.150. The fourth-order valence-electron chi connectivity index (χ4n) is 2.61. The quantitative estimate of drug-likeness (QED) is 0.453. The molecular weight excluding hydrogens is 344 g/mol. The van der Waals surface area contributed by atoms with Crippen molar-refractivity contribution in [2.75, 3.05) is 6.61 Å². The molecule has 0 unspecified atom stereocenters. The van der Waals surface area contributed by atoms with Gasteiger partial charge in [-0.2, -0.15) is 5.10 Å². The van der Waals surface area contributed by atoms with E-state index in [0.29, 0.717) is 6.61 Å². The minimum atomic E-state index is 0.647. The number of rotatable bonds is 7. The molecule has 6 heteroatoms. The Morgan fingerprint density at radius 3 is 2.58 bits per heavy atom. The second kappa shape index (κ2) is 7.93. The van der Waals surface area contributed by atoms with Gasteiger partial charge < -0.3 is 4.74 Å². The third-order valence-corrected chi connectivity index (χ3v) is 4.83. The molecule has 0 aliphatic rings. The zero-order chi connectivity index (χ0) is 17.6. The lowest BCUT2D eigenvalue weighted by Gasteiger charge is -2.06. The normalized spacial score (nSPS) is 10.8. The van der Waals surface area contributed by atoms with Crippen molar-refractivity contribution in [3.05, 3.63) is 72.6 Å². The van der Waals surface area contributed by atoms with Crippen LogP contribution in [0.2, 0.25) is 0 Å². The van der Waals surface area contributed by atoms with E-state index in [-0.39, 0.29) is 0 Å². The van der Waals surface area contributed by atoms with Crippen molar-refractivity contribution in [3.63, 3.8) is 0 Å². The molecule has 0 N–H and O–H groups in total. The summed E-state index contributed by atoms with van der Waals surface area (Å²) in [6.07, 6.45) is 4.14. The van der Waals surface area contributed by atoms with Gasteiger partial charge in [0.2, 0.25) is 0 Å². The smallest absolute Gasteiger partial charge is 0.137 e. The SMILES string of the molecule is c1ccc(-c2nc(-c3ccc(OCCCn4cncn4)cc3)cs2)cc1. The molecule has 0 fully saturated rings. The van der Waals surface area contributed by atoms with E-state index >= 15 is 0 Å². The van der Waals surface area contributed by atoms with Gasteiger partial charge >= 0.3 is 0 Å². The summed E-state index contributed by atoms with van der Waals surface area (Å²) >= 11 is 1.66. The summed E-state index contributed by atoms with van der Waals surface area (Å²) in [4.78, 5) is 8.67. The average molecular weight is 362 g/mol. The predicted molar refractivity (Wildman–Crippen MR) is 103 cm³/mol. The number of ether oxygens (including phenoxy) is 1. The van der Waals surface area contributed by atoms with Crippen LogP contribution in [0.15, 0.2) is 72.6 Å². The Kier molecular flexibility index (Phi) is 5.02. The molecule has 0 amide bonds. The summed E-state index contributed by atoms with van der Waals surface area (Å²) in [6.45, 7) is 1.45. The minimum Gasteiger partial charge on any atom is -0.494 e. The Labute approximate surface area is 155 Å². The van der Waals surface area contributed by atoms with Gasteiger partial charge in [-0.05, 0) is 24.3 Å². The highest BCUT2D eigenvalue weighted by Gasteiger charge is 2.06. The van der Waals surface area contributed by atoms with Gasteiger partial charge in [0.25, 0.3) is 0 Å². The molecule has 0 atom stereocenters. The first-order valence-corrected chi connectivity index (χ1v) is 9.33. The first-order chi connectivity index (χ1) is 12.9. The summed E-state index contributed by atoms with van der Waals surface area (Å²) in [6, 6.07) is 18.3. The molecule has 4 aromatic rings. The van der Waals surface area contributed by atoms with Crippen LogP contribution in [0.1, 0.15) is 6.42 Å². The second-order valence-electron chi connectivity index (χ2n) is 5.79. The van der Waals surface area contributed by atoms with Gasteiger partial charge in [0.15, 0.2) is 0 Å². The monoisotopic (exact) mass is 362 g/mol. The van der Waals surface area contributed by atoms with Crippen LogP contribution in [0.3, 0.4) is 0 Å². The summed E-state index contributed by atoms with van der Waals surface area (Å²) in [5.41, 5.74) is 3.24. The van der Waals surface area contributed by atoms with Crippen molar-refractivity contribution in [1.29, 1.82) is 0 Å². The van der Waals surface area contributed by atoms with Crippen LogP contribution in [0, 0.1) is 0 Å². The van der Waals surface area contributed by atoms with Crippen LogP contribution in [0.5, 0.6) is 5.75 Å². The lowest BCUT2D eigenvalue weighted by molar-refractivity contribution is 0.298.